The van der Waals surface area contributed by atoms with E-state index in [9.17, 15) is 19.5 Å². The molecule has 0 fully saturated rings. The number of aliphatic carboxylic acids is 1. The van der Waals surface area contributed by atoms with Crippen molar-refractivity contribution in [2.24, 2.45) is 0 Å². The van der Waals surface area contributed by atoms with Crippen molar-refractivity contribution in [1.82, 2.24) is 10.5 Å². The molecule has 0 aliphatic carbocycles. The molecule has 0 bridgehead atoms. The van der Waals surface area contributed by atoms with E-state index in [0.29, 0.717) is 29.1 Å². The molecular formula is C30H29N3O6. The molecular weight excluding hydrogens is 498 g/mol. The minimum atomic E-state index is -1.10. The van der Waals surface area contributed by atoms with Crippen molar-refractivity contribution in [3.05, 3.63) is 107 Å². The van der Waals surface area contributed by atoms with Gasteiger partial charge in [-0.3, -0.25) is 10.1 Å². The van der Waals surface area contributed by atoms with E-state index in [1.807, 2.05) is 60.7 Å². The van der Waals surface area contributed by atoms with Crippen LogP contribution in [0.25, 0.3) is 11.3 Å². The second-order valence-electron chi connectivity index (χ2n) is 9.02. The third-order valence-electron chi connectivity index (χ3n) is 6.22. The van der Waals surface area contributed by atoms with E-state index in [0.717, 1.165) is 11.1 Å². The molecule has 2 amide bonds. The molecule has 39 heavy (non-hydrogen) atoms. The van der Waals surface area contributed by atoms with Crippen LogP contribution in [0.4, 0.5) is 10.5 Å². The van der Waals surface area contributed by atoms with Crippen molar-refractivity contribution in [3.8, 4) is 11.3 Å². The van der Waals surface area contributed by atoms with Gasteiger partial charge in [0, 0.05) is 11.1 Å². The standard InChI is InChI=1S/C30H29N3O6/c1-19-26(32-30(37)38-20(2)22-11-7-4-8-12-22)27(39-33-19)23-14-16-24(17-15-23)28(34)31-25(29(35)36)18-13-21-9-5-3-6-10-21/h3-12,14-17,20,25H,13,18H2,1-2H3,(H,31,34)(H,32,37)(H,35,36). The summed E-state index contributed by atoms with van der Waals surface area (Å²) in [6.45, 7) is 3.46. The Bertz CT molecular complexity index is 1420. The third kappa shape index (κ3) is 7.10. The predicted octanol–water partition coefficient (Wildman–Crippen LogP) is 5.78. The zero-order valence-electron chi connectivity index (χ0n) is 21.6. The van der Waals surface area contributed by atoms with Crippen LogP contribution in [0, 0.1) is 6.92 Å². The lowest BCUT2D eigenvalue weighted by Crippen LogP contribution is -2.41. The van der Waals surface area contributed by atoms with Crippen LogP contribution in [-0.2, 0) is 16.0 Å². The lowest BCUT2D eigenvalue weighted by atomic mass is 10.0. The number of carbonyl (C=O) groups excluding carboxylic acids is 2. The SMILES string of the molecule is Cc1noc(-c2ccc(C(=O)NC(CCc3ccccc3)C(=O)O)cc2)c1NC(=O)OC(C)c1ccccc1. The first-order valence-electron chi connectivity index (χ1n) is 12.5. The average Bonchev–Trinajstić information content (AvgIpc) is 3.31. The van der Waals surface area contributed by atoms with Crippen molar-refractivity contribution < 1.29 is 28.8 Å². The highest BCUT2D eigenvalue weighted by Gasteiger charge is 2.22. The second kappa shape index (κ2) is 12.6. The quantitative estimate of drug-likeness (QED) is 0.238. The second-order valence-corrected chi connectivity index (χ2v) is 9.02. The number of anilines is 1. The number of amides is 2. The van der Waals surface area contributed by atoms with E-state index < -0.39 is 30.1 Å². The van der Waals surface area contributed by atoms with Crippen LogP contribution in [0.1, 0.15) is 46.6 Å². The first-order chi connectivity index (χ1) is 18.8. The predicted molar refractivity (Wildman–Crippen MR) is 145 cm³/mol. The Balaban J connectivity index is 1.40. The van der Waals surface area contributed by atoms with E-state index in [4.69, 9.17) is 9.26 Å². The smallest absolute Gasteiger partial charge is 0.412 e. The van der Waals surface area contributed by atoms with Crippen LogP contribution in [0.5, 0.6) is 0 Å². The molecule has 4 rings (SSSR count). The van der Waals surface area contributed by atoms with Gasteiger partial charge in [-0.1, -0.05) is 78.0 Å². The van der Waals surface area contributed by atoms with Gasteiger partial charge in [0.05, 0.1) is 0 Å². The highest BCUT2D eigenvalue weighted by molar-refractivity contribution is 5.97. The Kier molecular flexibility index (Phi) is 8.73. The monoisotopic (exact) mass is 527 g/mol. The molecule has 2 atom stereocenters. The number of nitrogens with zero attached hydrogens (tertiary/aromatic N) is 1. The molecule has 0 spiro atoms. The van der Waals surface area contributed by atoms with Gasteiger partial charge in [-0.25, -0.2) is 9.59 Å². The Hall–Kier alpha value is -4.92. The highest BCUT2D eigenvalue weighted by atomic mass is 16.6. The number of carboxylic acid groups (broad SMARTS) is 1. The number of nitrogens with one attached hydrogen (secondary N) is 2. The lowest BCUT2D eigenvalue weighted by Gasteiger charge is -2.15. The minimum Gasteiger partial charge on any atom is -0.480 e. The fraction of sp³-hybridized carbons (Fsp3) is 0.200. The number of carboxylic acids is 1. The summed E-state index contributed by atoms with van der Waals surface area (Å²) in [7, 11) is 0. The number of aromatic nitrogens is 1. The van der Waals surface area contributed by atoms with Crippen LogP contribution in [0.15, 0.2) is 89.5 Å². The summed E-state index contributed by atoms with van der Waals surface area (Å²) in [6.07, 6.45) is -0.348. The summed E-state index contributed by atoms with van der Waals surface area (Å²) in [6, 6.07) is 24.2. The van der Waals surface area contributed by atoms with E-state index in [-0.39, 0.29) is 12.0 Å². The van der Waals surface area contributed by atoms with Gasteiger partial charge < -0.3 is 19.7 Å². The number of hydrogen-bond acceptors (Lipinski definition) is 6. The highest BCUT2D eigenvalue weighted by Crippen LogP contribution is 2.31. The Morgan fingerprint density at radius 2 is 1.59 bits per heavy atom. The minimum absolute atomic E-state index is 0.258. The number of benzene rings is 3. The summed E-state index contributed by atoms with van der Waals surface area (Å²) < 4.78 is 10.9. The summed E-state index contributed by atoms with van der Waals surface area (Å²) in [5, 5.41) is 18.8. The van der Waals surface area contributed by atoms with Crippen LogP contribution in [0.2, 0.25) is 0 Å². The molecule has 0 aliphatic rings. The third-order valence-corrected chi connectivity index (χ3v) is 6.22. The molecule has 1 heterocycles. The molecule has 3 aromatic carbocycles. The van der Waals surface area contributed by atoms with E-state index in [1.54, 1.807) is 38.1 Å². The van der Waals surface area contributed by atoms with Gasteiger partial charge in [0.1, 0.15) is 23.5 Å². The fourth-order valence-electron chi connectivity index (χ4n) is 4.03. The van der Waals surface area contributed by atoms with Gasteiger partial charge in [-0.15, -0.1) is 0 Å². The maximum atomic E-state index is 12.8. The topological polar surface area (TPSA) is 131 Å². The summed E-state index contributed by atoms with van der Waals surface area (Å²) in [4.78, 5) is 37.1. The van der Waals surface area contributed by atoms with Crippen LogP contribution in [0.3, 0.4) is 0 Å². The maximum Gasteiger partial charge on any atom is 0.412 e. The molecule has 0 saturated heterocycles. The molecule has 3 N–H and O–H groups in total. The van der Waals surface area contributed by atoms with Crippen LogP contribution in [-0.4, -0.2) is 34.3 Å². The molecule has 0 saturated carbocycles. The Labute approximate surface area is 225 Å². The van der Waals surface area contributed by atoms with Crippen molar-refractivity contribution >= 4 is 23.7 Å². The average molecular weight is 528 g/mol. The van der Waals surface area contributed by atoms with Crippen molar-refractivity contribution in [2.75, 3.05) is 5.32 Å². The first-order valence-corrected chi connectivity index (χ1v) is 12.5. The number of ether oxygens (including phenoxy) is 1. The first kappa shape index (κ1) is 27.1. The fourth-order valence-corrected chi connectivity index (χ4v) is 4.03. The van der Waals surface area contributed by atoms with Crippen LogP contribution < -0.4 is 10.6 Å². The van der Waals surface area contributed by atoms with Crippen LogP contribution >= 0.6 is 0 Å². The van der Waals surface area contributed by atoms with Gasteiger partial charge in [-0.05, 0) is 49.9 Å². The molecule has 200 valence electrons. The van der Waals surface area contributed by atoms with Crippen molar-refractivity contribution in [1.29, 1.82) is 0 Å². The molecule has 9 heteroatoms. The Morgan fingerprint density at radius 1 is 0.949 bits per heavy atom. The molecule has 4 aromatic rings. The van der Waals surface area contributed by atoms with Gasteiger partial charge in [0.25, 0.3) is 5.91 Å². The molecule has 0 radical (unpaired) electrons. The van der Waals surface area contributed by atoms with Crippen molar-refractivity contribution in [2.45, 2.75) is 38.8 Å². The molecule has 1 aromatic heterocycles. The summed E-state index contributed by atoms with van der Waals surface area (Å²) in [5.41, 5.74) is 3.51. The number of rotatable bonds is 10. The number of hydrogen-bond donors (Lipinski definition) is 3. The van der Waals surface area contributed by atoms with E-state index >= 15 is 0 Å². The summed E-state index contributed by atoms with van der Waals surface area (Å²) >= 11 is 0. The number of aryl methyl sites for hydroxylation is 2. The Morgan fingerprint density at radius 3 is 2.23 bits per heavy atom. The maximum absolute atomic E-state index is 12.8. The van der Waals surface area contributed by atoms with E-state index in [1.165, 1.54) is 0 Å². The van der Waals surface area contributed by atoms with Gasteiger partial charge in [-0.2, -0.15) is 0 Å². The zero-order valence-corrected chi connectivity index (χ0v) is 21.6. The molecule has 9 nitrogen and oxygen atoms in total. The van der Waals surface area contributed by atoms with Gasteiger partial charge in [0.15, 0.2) is 5.76 Å². The molecule has 2 unspecified atom stereocenters. The number of carbonyl (C=O) groups is 3. The normalized spacial score (nSPS) is 12.3. The largest absolute Gasteiger partial charge is 0.480 e. The lowest BCUT2D eigenvalue weighted by molar-refractivity contribution is -0.139. The summed E-state index contributed by atoms with van der Waals surface area (Å²) in [5.74, 6) is -1.31. The van der Waals surface area contributed by atoms with E-state index in [2.05, 4.69) is 15.8 Å². The molecule has 0 aliphatic heterocycles. The van der Waals surface area contributed by atoms with Gasteiger partial charge in [0.2, 0.25) is 0 Å². The zero-order chi connectivity index (χ0) is 27.8. The van der Waals surface area contributed by atoms with Gasteiger partial charge >= 0.3 is 12.1 Å². The van der Waals surface area contributed by atoms with Crippen molar-refractivity contribution in [3.63, 3.8) is 0 Å².